The third-order valence-corrected chi connectivity index (χ3v) is 3.77. The van der Waals surface area contributed by atoms with E-state index in [4.69, 9.17) is 22.1 Å². The molecule has 0 spiro atoms. The number of ether oxygens (including phenoxy) is 1. The van der Waals surface area contributed by atoms with Gasteiger partial charge in [-0.2, -0.15) is 0 Å². The molecule has 2 atom stereocenters. The van der Waals surface area contributed by atoms with Gasteiger partial charge in [0.15, 0.2) is 0 Å². The van der Waals surface area contributed by atoms with Crippen LogP contribution in [0.1, 0.15) is 33.1 Å². The van der Waals surface area contributed by atoms with Crippen LogP contribution in [0.5, 0.6) is 5.75 Å². The summed E-state index contributed by atoms with van der Waals surface area (Å²) in [7, 11) is 0. The van der Waals surface area contributed by atoms with Crippen LogP contribution in [-0.2, 0) is 0 Å². The average molecular weight is 272 g/mol. The minimum Gasteiger partial charge on any atom is -0.488 e. The maximum Gasteiger partial charge on any atom is 0.144 e. The molecule has 1 aromatic rings. The maximum absolute atomic E-state index is 13.2. The highest BCUT2D eigenvalue weighted by molar-refractivity contribution is 6.31. The summed E-state index contributed by atoms with van der Waals surface area (Å²) in [4.78, 5) is 0. The molecule has 1 aliphatic carbocycles. The summed E-state index contributed by atoms with van der Waals surface area (Å²) in [5.74, 6) is 1.28. The Kier molecular flexibility index (Phi) is 4.00. The van der Waals surface area contributed by atoms with Gasteiger partial charge in [-0.3, -0.25) is 0 Å². The van der Waals surface area contributed by atoms with Gasteiger partial charge < -0.3 is 10.5 Å². The van der Waals surface area contributed by atoms with Gasteiger partial charge in [-0.25, -0.2) is 4.39 Å². The lowest BCUT2D eigenvalue weighted by Gasteiger charge is -2.32. The predicted octanol–water partition coefficient (Wildman–Crippen LogP) is 4.26. The van der Waals surface area contributed by atoms with Gasteiger partial charge in [0.2, 0.25) is 0 Å². The normalized spacial score (nSPS) is 28.1. The van der Waals surface area contributed by atoms with Crippen molar-refractivity contribution in [3.63, 3.8) is 0 Å². The van der Waals surface area contributed by atoms with Crippen molar-refractivity contribution in [1.29, 1.82) is 0 Å². The van der Waals surface area contributed by atoms with Gasteiger partial charge in [0.1, 0.15) is 11.6 Å². The Morgan fingerprint density at radius 3 is 2.44 bits per heavy atom. The first-order chi connectivity index (χ1) is 8.45. The average Bonchev–Trinajstić information content (AvgIpc) is 2.24. The molecule has 0 aliphatic heterocycles. The number of hydrogen-bond acceptors (Lipinski definition) is 2. The number of nitrogen functional groups attached to an aromatic ring is 1. The molecule has 0 amide bonds. The summed E-state index contributed by atoms with van der Waals surface area (Å²) in [6.45, 7) is 4.46. The van der Waals surface area contributed by atoms with Crippen molar-refractivity contribution in [3.8, 4) is 5.75 Å². The topological polar surface area (TPSA) is 35.2 Å². The molecule has 100 valence electrons. The van der Waals surface area contributed by atoms with Crippen molar-refractivity contribution in [3.05, 3.63) is 23.0 Å². The summed E-state index contributed by atoms with van der Waals surface area (Å²) in [5.41, 5.74) is 6.06. The maximum atomic E-state index is 13.2. The largest absolute Gasteiger partial charge is 0.488 e. The molecule has 0 bridgehead atoms. The van der Waals surface area contributed by atoms with Gasteiger partial charge in [0.05, 0.1) is 16.8 Å². The third-order valence-electron chi connectivity index (χ3n) is 3.48. The lowest BCUT2D eigenvalue weighted by Crippen LogP contribution is -2.28. The van der Waals surface area contributed by atoms with Crippen LogP contribution in [0.3, 0.4) is 0 Å². The Balaban J connectivity index is 2.11. The molecule has 18 heavy (non-hydrogen) atoms. The highest BCUT2D eigenvalue weighted by atomic mass is 35.5. The molecule has 2 N–H and O–H groups in total. The summed E-state index contributed by atoms with van der Waals surface area (Å²) < 4.78 is 19.1. The number of anilines is 1. The van der Waals surface area contributed by atoms with E-state index < -0.39 is 5.82 Å². The number of rotatable bonds is 2. The second-order valence-corrected chi connectivity index (χ2v) is 5.87. The van der Waals surface area contributed by atoms with Crippen molar-refractivity contribution in [2.24, 2.45) is 11.8 Å². The van der Waals surface area contributed by atoms with Crippen LogP contribution in [0.4, 0.5) is 10.1 Å². The zero-order chi connectivity index (χ0) is 13.3. The van der Waals surface area contributed by atoms with Gasteiger partial charge in [0.25, 0.3) is 0 Å². The summed E-state index contributed by atoms with van der Waals surface area (Å²) >= 11 is 5.75. The third kappa shape index (κ3) is 3.08. The molecule has 0 heterocycles. The molecular weight excluding hydrogens is 253 g/mol. The van der Waals surface area contributed by atoms with E-state index in [2.05, 4.69) is 13.8 Å². The summed E-state index contributed by atoms with van der Waals surface area (Å²) in [6.07, 6.45) is 3.41. The van der Waals surface area contributed by atoms with Crippen molar-refractivity contribution >= 4 is 17.3 Å². The first-order valence-electron chi connectivity index (χ1n) is 6.37. The molecule has 1 fully saturated rings. The summed E-state index contributed by atoms with van der Waals surface area (Å²) in [5, 5.41) is 0.0520. The standard InChI is InChI=1S/C14H19ClFNO/c1-8-3-9(2)5-10(4-8)18-14-6-11(15)12(16)7-13(14)17/h6-10H,3-5,17H2,1-2H3. The van der Waals surface area contributed by atoms with Crippen LogP contribution in [0.25, 0.3) is 0 Å². The van der Waals surface area contributed by atoms with Gasteiger partial charge in [-0.05, 0) is 31.1 Å². The smallest absolute Gasteiger partial charge is 0.144 e. The Hall–Kier alpha value is -0.960. The number of hydrogen-bond donors (Lipinski definition) is 1. The van der Waals surface area contributed by atoms with E-state index in [0.29, 0.717) is 23.3 Å². The molecule has 2 unspecified atom stereocenters. The van der Waals surface area contributed by atoms with E-state index in [0.717, 1.165) is 12.8 Å². The number of nitrogens with two attached hydrogens (primary N) is 1. The highest BCUT2D eigenvalue weighted by Crippen LogP contribution is 2.34. The fourth-order valence-corrected chi connectivity index (χ4v) is 2.95. The number of halogens is 2. The molecule has 1 aromatic carbocycles. The Morgan fingerprint density at radius 2 is 1.83 bits per heavy atom. The van der Waals surface area contributed by atoms with Crippen LogP contribution in [0, 0.1) is 17.7 Å². The van der Waals surface area contributed by atoms with E-state index in [1.807, 2.05) is 0 Å². The van der Waals surface area contributed by atoms with Gasteiger partial charge >= 0.3 is 0 Å². The lowest BCUT2D eigenvalue weighted by molar-refractivity contribution is 0.102. The molecule has 1 aliphatic rings. The molecular formula is C14H19ClFNO. The molecule has 0 saturated heterocycles. The van der Waals surface area contributed by atoms with Crippen LogP contribution in [0.2, 0.25) is 5.02 Å². The Bertz CT molecular complexity index is 428. The second-order valence-electron chi connectivity index (χ2n) is 5.46. The molecule has 2 nitrogen and oxygen atoms in total. The van der Waals surface area contributed by atoms with Crippen LogP contribution in [-0.4, -0.2) is 6.10 Å². The fraction of sp³-hybridized carbons (Fsp3) is 0.571. The molecule has 2 rings (SSSR count). The van der Waals surface area contributed by atoms with E-state index in [9.17, 15) is 4.39 Å². The Morgan fingerprint density at radius 1 is 1.22 bits per heavy atom. The zero-order valence-corrected chi connectivity index (χ0v) is 11.5. The van der Waals surface area contributed by atoms with Crippen molar-refractivity contribution in [1.82, 2.24) is 0 Å². The SMILES string of the molecule is CC1CC(C)CC(Oc2cc(Cl)c(F)cc2N)C1. The Labute approximate surface area is 112 Å². The van der Waals surface area contributed by atoms with Crippen molar-refractivity contribution in [2.75, 3.05) is 5.73 Å². The molecule has 4 heteroatoms. The van der Waals surface area contributed by atoms with E-state index in [1.165, 1.54) is 18.6 Å². The molecule has 1 saturated carbocycles. The van der Waals surface area contributed by atoms with E-state index in [1.54, 1.807) is 0 Å². The van der Waals surface area contributed by atoms with Gasteiger partial charge in [-0.15, -0.1) is 0 Å². The van der Waals surface area contributed by atoms with E-state index in [-0.39, 0.29) is 11.1 Å². The van der Waals surface area contributed by atoms with Crippen molar-refractivity contribution < 1.29 is 9.13 Å². The highest BCUT2D eigenvalue weighted by Gasteiger charge is 2.25. The fourth-order valence-electron chi connectivity index (χ4n) is 2.79. The minimum absolute atomic E-state index is 0.0520. The van der Waals surface area contributed by atoms with Gasteiger partial charge in [-0.1, -0.05) is 25.4 Å². The van der Waals surface area contributed by atoms with Crippen LogP contribution >= 0.6 is 11.6 Å². The van der Waals surface area contributed by atoms with Gasteiger partial charge in [0, 0.05) is 12.1 Å². The quantitative estimate of drug-likeness (QED) is 0.816. The van der Waals surface area contributed by atoms with Crippen LogP contribution < -0.4 is 10.5 Å². The second kappa shape index (κ2) is 5.35. The monoisotopic (exact) mass is 271 g/mol. The first-order valence-corrected chi connectivity index (χ1v) is 6.74. The summed E-state index contributed by atoms with van der Waals surface area (Å²) in [6, 6.07) is 2.68. The molecule has 0 radical (unpaired) electrons. The minimum atomic E-state index is -0.508. The van der Waals surface area contributed by atoms with Crippen LogP contribution in [0.15, 0.2) is 12.1 Å². The van der Waals surface area contributed by atoms with E-state index >= 15 is 0 Å². The number of benzene rings is 1. The zero-order valence-electron chi connectivity index (χ0n) is 10.7. The molecule has 0 aromatic heterocycles. The van der Waals surface area contributed by atoms with Crippen molar-refractivity contribution in [2.45, 2.75) is 39.2 Å². The first kappa shape index (κ1) is 13.5. The predicted molar refractivity (Wildman–Crippen MR) is 72.4 cm³/mol. The lowest BCUT2D eigenvalue weighted by atomic mass is 9.82.